The first-order valence-corrected chi connectivity index (χ1v) is 9.80. The molecular formula is C19H24N4O2S. The summed E-state index contributed by atoms with van der Waals surface area (Å²) < 4.78 is 0. The second kappa shape index (κ2) is 7.95. The van der Waals surface area contributed by atoms with Crippen LogP contribution in [0.25, 0.3) is 0 Å². The number of aromatic nitrogens is 2. The zero-order valence-corrected chi connectivity index (χ0v) is 16.2. The lowest BCUT2D eigenvalue weighted by Crippen LogP contribution is -2.28. The minimum Gasteiger partial charge on any atom is -0.312 e. The lowest BCUT2D eigenvalue weighted by Gasteiger charge is -2.17. The predicted octanol–water partition coefficient (Wildman–Crippen LogP) is 3.49. The maximum Gasteiger partial charge on any atom is 0.231 e. The van der Waals surface area contributed by atoms with E-state index >= 15 is 0 Å². The van der Waals surface area contributed by atoms with Gasteiger partial charge in [-0.05, 0) is 43.5 Å². The summed E-state index contributed by atoms with van der Waals surface area (Å²) in [6, 6.07) is 5.94. The highest BCUT2D eigenvalue weighted by Crippen LogP contribution is 2.28. The van der Waals surface area contributed by atoms with Gasteiger partial charge < -0.3 is 10.2 Å². The molecule has 0 bridgehead atoms. The average Bonchev–Trinajstić information content (AvgIpc) is 3.22. The zero-order valence-electron chi connectivity index (χ0n) is 15.4. The largest absolute Gasteiger partial charge is 0.312 e. The number of nitrogens with zero attached hydrogens (tertiary/aromatic N) is 3. The summed E-state index contributed by atoms with van der Waals surface area (Å²) in [5.41, 5.74) is 3.17. The highest BCUT2D eigenvalue weighted by atomic mass is 32.1. The van der Waals surface area contributed by atoms with Gasteiger partial charge in [-0.25, -0.2) is 0 Å². The molecule has 1 N–H and O–H groups in total. The summed E-state index contributed by atoms with van der Waals surface area (Å²) in [4.78, 5) is 26.6. The van der Waals surface area contributed by atoms with Crippen LogP contribution < -0.4 is 10.2 Å². The van der Waals surface area contributed by atoms with Crippen molar-refractivity contribution in [1.82, 2.24) is 10.2 Å². The van der Waals surface area contributed by atoms with E-state index in [0.717, 1.165) is 35.5 Å². The lowest BCUT2D eigenvalue weighted by atomic mass is 10.1. The van der Waals surface area contributed by atoms with E-state index in [4.69, 9.17) is 0 Å². The van der Waals surface area contributed by atoms with Gasteiger partial charge in [-0.1, -0.05) is 30.7 Å². The molecule has 0 radical (unpaired) electrons. The molecule has 1 aromatic carbocycles. The summed E-state index contributed by atoms with van der Waals surface area (Å²) in [6.45, 7) is 6.59. The van der Waals surface area contributed by atoms with Gasteiger partial charge in [0.15, 0.2) is 0 Å². The summed E-state index contributed by atoms with van der Waals surface area (Å²) in [5, 5.41) is 12.4. The number of anilines is 2. The second-order valence-electron chi connectivity index (χ2n) is 6.77. The number of aryl methyl sites for hydroxylation is 3. The summed E-state index contributed by atoms with van der Waals surface area (Å²) in [5.74, 6) is -0.552. The summed E-state index contributed by atoms with van der Waals surface area (Å²) >= 11 is 1.41. The number of rotatable bonds is 6. The van der Waals surface area contributed by atoms with E-state index in [0.29, 0.717) is 11.7 Å². The van der Waals surface area contributed by atoms with Crippen molar-refractivity contribution >= 4 is 34.0 Å². The van der Waals surface area contributed by atoms with Gasteiger partial charge in [0.2, 0.25) is 16.9 Å². The summed E-state index contributed by atoms with van der Waals surface area (Å²) in [6.07, 6.45) is 3.26. The topological polar surface area (TPSA) is 75.2 Å². The van der Waals surface area contributed by atoms with Gasteiger partial charge in [-0.15, -0.1) is 10.2 Å². The molecule has 0 spiro atoms. The van der Waals surface area contributed by atoms with Crippen LogP contribution in [0.4, 0.5) is 10.8 Å². The van der Waals surface area contributed by atoms with Crippen LogP contribution in [-0.2, 0) is 16.0 Å². The molecule has 2 amide bonds. The minimum atomic E-state index is -0.368. The zero-order chi connectivity index (χ0) is 18.7. The Morgan fingerprint density at radius 1 is 1.31 bits per heavy atom. The summed E-state index contributed by atoms with van der Waals surface area (Å²) in [7, 11) is 0. The molecule has 26 heavy (non-hydrogen) atoms. The first-order valence-electron chi connectivity index (χ1n) is 8.98. The smallest absolute Gasteiger partial charge is 0.231 e. The van der Waals surface area contributed by atoms with Crippen LogP contribution in [0.1, 0.15) is 42.3 Å². The van der Waals surface area contributed by atoms with Crippen LogP contribution in [0.2, 0.25) is 0 Å². The third-order valence-corrected chi connectivity index (χ3v) is 5.64. The molecule has 0 unspecified atom stereocenters. The Morgan fingerprint density at radius 3 is 2.85 bits per heavy atom. The molecule has 0 aliphatic carbocycles. The quantitative estimate of drug-likeness (QED) is 0.842. The first kappa shape index (κ1) is 18.5. The van der Waals surface area contributed by atoms with Crippen molar-refractivity contribution in [3.05, 3.63) is 34.3 Å². The van der Waals surface area contributed by atoms with Crippen molar-refractivity contribution in [1.29, 1.82) is 0 Å². The van der Waals surface area contributed by atoms with E-state index < -0.39 is 0 Å². The van der Waals surface area contributed by atoms with E-state index in [9.17, 15) is 9.59 Å². The van der Waals surface area contributed by atoms with Gasteiger partial charge in [0, 0.05) is 25.1 Å². The molecule has 1 aliphatic heterocycles. The Bertz CT molecular complexity index is 818. The first-order chi connectivity index (χ1) is 12.5. The fourth-order valence-electron chi connectivity index (χ4n) is 2.97. The van der Waals surface area contributed by atoms with Crippen molar-refractivity contribution in [3.8, 4) is 0 Å². The molecule has 2 heterocycles. The van der Waals surface area contributed by atoms with Gasteiger partial charge in [0.1, 0.15) is 5.01 Å². The Kier molecular flexibility index (Phi) is 5.66. The molecule has 2 aromatic rings. The van der Waals surface area contributed by atoms with Crippen molar-refractivity contribution in [2.45, 2.75) is 46.5 Å². The fraction of sp³-hybridized carbons (Fsp3) is 0.474. The third kappa shape index (κ3) is 4.09. The lowest BCUT2D eigenvalue weighted by molar-refractivity contribution is -0.122. The molecular weight excluding hydrogens is 348 g/mol. The second-order valence-corrected chi connectivity index (χ2v) is 7.83. The molecule has 3 rings (SSSR count). The molecule has 1 aliphatic rings. The van der Waals surface area contributed by atoms with Crippen LogP contribution in [0, 0.1) is 19.8 Å². The van der Waals surface area contributed by atoms with Gasteiger partial charge in [0.25, 0.3) is 0 Å². The number of benzene rings is 1. The van der Waals surface area contributed by atoms with Crippen LogP contribution in [0.3, 0.4) is 0 Å². The number of hydrogen-bond donors (Lipinski definition) is 1. The Balaban J connectivity index is 1.63. The van der Waals surface area contributed by atoms with Crippen LogP contribution in [-0.4, -0.2) is 28.6 Å². The van der Waals surface area contributed by atoms with Crippen LogP contribution in [0.5, 0.6) is 0 Å². The number of carbonyl (C=O) groups is 2. The Labute approximate surface area is 157 Å². The number of amides is 2. The van der Waals surface area contributed by atoms with Gasteiger partial charge in [0.05, 0.1) is 5.92 Å². The van der Waals surface area contributed by atoms with Gasteiger partial charge in [-0.3, -0.25) is 9.59 Å². The molecule has 1 fully saturated rings. The molecule has 1 saturated heterocycles. The van der Waals surface area contributed by atoms with Crippen molar-refractivity contribution in [3.63, 3.8) is 0 Å². The monoisotopic (exact) mass is 372 g/mol. The molecule has 6 nitrogen and oxygen atoms in total. The van der Waals surface area contributed by atoms with Crippen LogP contribution >= 0.6 is 11.3 Å². The maximum atomic E-state index is 12.5. The average molecular weight is 372 g/mol. The van der Waals surface area contributed by atoms with E-state index in [-0.39, 0.29) is 24.2 Å². The fourth-order valence-corrected chi connectivity index (χ4v) is 3.75. The molecule has 0 saturated carbocycles. The van der Waals surface area contributed by atoms with E-state index in [1.165, 1.54) is 16.9 Å². The maximum absolute atomic E-state index is 12.5. The Morgan fingerprint density at radius 2 is 2.12 bits per heavy atom. The molecule has 138 valence electrons. The number of hydrogen-bond acceptors (Lipinski definition) is 5. The third-order valence-electron chi connectivity index (χ3n) is 4.74. The number of unbranched alkanes of at least 4 members (excludes halogenated alkanes) is 1. The van der Waals surface area contributed by atoms with Gasteiger partial charge in [-0.2, -0.15) is 0 Å². The van der Waals surface area contributed by atoms with Crippen molar-refractivity contribution in [2.75, 3.05) is 16.8 Å². The predicted molar refractivity (Wildman–Crippen MR) is 104 cm³/mol. The van der Waals surface area contributed by atoms with Crippen LogP contribution in [0.15, 0.2) is 18.2 Å². The van der Waals surface area contributed by atoms with Crippen molar-refractivity contribution < 1.29 is 9.59 Å². The molecule has 1 atom stereocenters. The highest BCUT2D eigenvalue weighted by molar-refractivity contribution is 7.15. The van der Waals surface area contributed by atoms with Crippen molar-refractivity contribution in [2.24, 2.45) is 5.92 Å². The normalized spacial score (nSPS) is 17.0. The van der Waals surface area contributed by atoms with Gasteiger partial charge >= 0.3 is 0 Å². The standard InChI is InChI=1S/C19H24N4O2S/c1-4-5-6-16-21-22-19(26-16)20-18(25)14-10-17(24)23(11-14)15-8-7-12(2)13(3)9-15/h7-9,14H,4-6,10-11H2,1-3H3,(H,20,22,25)/t14-/m1/s1. The molecule has 1 aromatic heterocycles. The number of nitrogens with one attached hydrogen (secondary N) is 1. The minimum absolute atomic E-state index is 0.0192. The Hall–Kier alpha value is -2.28. The van der Waals surface area contributed by atoms with E-state index in [2.05, 4.69) is 22.4 Å². The van der Waals surface area contributed by atoms with E-state index in [1.807, 2.05) is 32.0 Å². The van der Waals surface area contributed by atoms with E-state index in [1.54, 1.807) is 4.90 Å². The SMILES string of the molecule is CCCCc1nnc(NC(=O)[C@@H]2CC(=O)N(c3ccc(C)c(C)c3)C2)s1. The number of carbonyl (C=O) groups excluding carboxylic acids is 2. The molecule has 7 heteroatoms. The highest BCUT2D eigenvalue weighted by Gasteiger charge is 2.35.